The number of rotatable bonds is 8. The third-order valence-electron chi connectivity index (χ3n) is 3.08. The van der Waals surface area contributed by atoms with E-state index in [0.717, 1.165) is 11.3 Å². The fourth-order valence-electron chi connectivity index (χ4n) is 1.92. The molecular weight excluding hydrogens is 290 g/mol. The van der Waals surface area contributed by atoms with Crippen molar-refractivity contribution in [1.29, 1.82) is 0 Å². The number of nitrogens with zero attached hydrogens (tertiary/aromatic N) is 1. The quantitative estimate of drug-likeness (QED) is 0.742. The number of ether oxygens (including phenoxy) is 1. The van der Waals surface area contributed by atoms with Gasteiger partial charge in [0.15, 0.2) is 0 Å². The Morgan fingerprint density at radius 1 is 1.33 bits per heavy atom. The number of hydrogen-bond acceptors (Lipinski definition) is 4. The highest BCUT2D eigenvalue weighted by Crippen LogP contribution is 2.26. The molecule has 0 saturated heterocycles. The zero-order valence-corrected chi connectivity index (χ0v) is 13.6. The lowest BCUT2D eigenvalue weighted by Gasteiger charge is -2.23. The van der Waals surface area contributed by atoms with Crippen molar-refractivity contribution < 1.29 is 19.4 Å². The molecule has 1 amide bonds. The first-order valence-electron chi connectivity index (χ1n) is 7.08. The number of hydrogen-bond donors (Lipinski definition) is 1. The van der Waals surface area contributed by atoms with Crippen molar-refractivity contribution in [3.05, 3.63) is 22.4 Å². The van der Waals surface area contributed by atoms with Crippen molar-refractivity contribution in [2.24, 2.45) is 5.92 Å². The number of amides is 1. The molecule has 5 nitrogen and oxygen atoms in total. The van der Waals surface area contributed by atoms with Gasteiger partial charge >= 0.3 is 12.1 Å². The van der Waals surface area contributed by atoms with Gasteiger partial charge in [-0.1, -0.05) is 19.9 Å². The molecule has 0 radical (unpaired) electrons. The minimum atomic E-state index is -0.927. The Morgan fingerprint density at radius 2 is 2.00 bits per heavy atom. The summed E-state index contributed by atoms with van der Waals surface area (Å²) in [7, 11) is 0. The smallest absolute Gasteiger partial charge is 0.407 e. The van der Waals surface area contributed by atoms with Crippen LogP contribution in [-0.2, 0) is 9.53 Å². The second kappa shape index (κ2) is 8.67. The summed E-state index contributed by atoms with van der Waals surface area (Å²) >= 11 is 1.51. The Balaban J connectivity index is 2.60. The van der Waals surface area contributed by atoms with Gasteiger partial charge in [-0.15, -0.1) is 11.3 Å². The van der Waals surface area contributed by atoms with Crippen LogP contribution in [0.1, 0.15) is 44.6 Å². The molecule has 1 N–H and O–H groups in total. The molecule has 118 valence electrons. The van der Waals surface area contributed by atoms with Gasteiger partial charge in [-0.05, 0) is 23.8 Å². The SMILES string of the molecule is CC(=O)OC(CCN(CCC(C)C)C(=O)O)c1cccs1. The predicted molar refractivity (Wildman–Crippen MR) is 82.5 cm³/mol. The number of carbonyl (C=O) groups excluding carboxylic acids is 1. The van der Waals surface area contributed by atoms with Crippen LogP contribution in [0.25, 0.3) is 0 Å². The lowest BCUT2D eigenvalue weighted by molar-refractivity contribution is -0.147. The largest absolute Gasteiger partial charge is 0.465 e. The second-order valence-electron chi connectivity index (χ2n) is 5.35. The first kappa shape index (κ1) is 17.5. The maximum absolute atomic E-state index is 11.3. The molecule has 1 heterocycles. The van der Waals surface area contributed by atoms with Crippen molar-refractivity contribution in [1.82, 2.24) is 4.90 Å². The Bertz CT molecular complexity index is 445. The summed E-state index contributed by atoms with van der Waals surface area (Å²) in [5.74, 6) is 0.103. The van der Waals surface area contributed by atoms with E-state index in [1.54, 1.807) is 0 Å². The molecule has 1 atom stereocenters. The molecular formula is C15H23NO4S. The van der Waals surface area contributed by atoms with E-state index in [4.69, 9.17) is 4.74 Å². The Morgan fingerprint density at radius 3 is 2.48 bits per heavy atom. The van der Waals surface area contributed by atoms with Crippen molar-refractivity contribution in [2.45, 2.75) is 39.7 Å². The van der Waals surface area contributed by atoms with Crippen molar-refractivity contribution in [3.63, 3.8) is 0 Å². The van der Waals surface area contributed by atoms with Gasteiger partial charge in [-0.3, -0.25) is 4.79 Å². The highest BCUT2D eigenvalue weighted by atomic mass is 32.1. The fraction of sp³-hybridized carbons (Fsp3) is 0.600. The van der Waals surface area contributed by atoms with Crippen LogP contribution in [0.2, 0.25) is 0 Å². The number of carbonyl (C=O) groups is 2. The summed E-state index contributed by atoms with van der Waals surface area (Å²) in [4.78, 5) is 24.8. The highest BCUT2D eigenvalue weighted by Gasteiger charge is 2.19. The molecule has 1 aromatic heterocycles. The van der Waals surface area contributed by atoms with Crippen LogP contribution in [0.5, 0.6) is 0 Å². The molecule has 0 aliphatic heterocycles. The van der Waals surface area contributed by atoms with Gasteiger partial charge in [0.2, 0.25) is 0 Å². The molecule has 0 aliphatic carbocycles. The second-order valence-corrected chi connectivity index (χ2v) is 6.33. The highest BCUT2D eigenvalue weighted by molar-refractivity contribution is 7.10. The average Bonchev–Trinajstić information content (AvgIpc) is 2.89. The van der Waals surface area contributed by atoms with Crippen LogP contribution in [0, 0.1) is 5.92 Å². The molecule has 0 saturated carbocycles. The van der Waals surface area contributed by atoms with Gasteiger partial charge in [0.1, 0.15) is 6.10 Å². The number of carboxylic acid groups (broad SMARTS) is 1. The van der Waals surface area contributed by atoms with Crippen LogP contribution in [0.4, 0.5) is 4.79 Å². The summed E-state index contributed by atoms with van der Waals surface area (Å²) in [5.41, 5.74) is 0. The Hall–Kier alpha value is -1.56. The summed E-state index contributed by atoms with van der Waals surface area (Å²) in [6.45, 7) is 6.36. The standard InChI is InChI=1S/C15H23NO4S/c1-11(2)6-8-16(15(18)19)9-7-13(20-12(3)17)14-5-4-10-21-14/h4-5,10-11,13H,6-9H2,1-3H3,(H,18,19). The van der Waals surface area contributed by atoms with Crippen LogP contribution in [-0.4, -0.2) is 35.2 Å². The molecule has 1 rings (SSSR count). The maximum Gasteiger partial charge on any atom is 0.407 e. The lowest BCUT2D eigenvalue weighted by atomic mass is 10.1. The molecule has 6 heteroatoms. The lowest BCUT2D eigenvalue weighted by Crippen LogP contribution is -2.33. The van der Waals surface area contributed by atoms with Gasteiger partial charge < -0.3 is 14.7 Å². The molecule has 1 unspecified atom stereocenters. The number of thiophene rings is 1. The Kier molecular flexibility index (Phi) is 7.22. The van der Waals surface area contributed by atoms with E-state index in [1.165, 1.54) is 23.2 Å². The number of esters is 1. The normalized spacial score (nSPS) is 12.2. The molecule has 0 fully saturated rings. The molecule has 1 aromatic rings. The van der Waals surface area contributed by atoms with E-state index in [1.807, 2.05) is 17.5 Å². The van der Waals surface area contributed by atoms with E-state index in [2.05, 4.69) is 13.8 Å². The topological polar surface area (TPSA) is 66.8 Å². The van der Waals surface area contributed by atoms with Gasteiger partial charge in [0, 0.05) is 31.3 Å². The molecule has 0 bridgehead atoms. The minimum absolute atomic E-state index is 0.350. The van der Waals surface area contributed by atoms with Crippen LogP contribution >= 0.6 is 11.3 Å². The first-order valence-corrected chi connectivity index (χ1v) is 7.96. The van der Waals surface area contributed by atoms with Gasteiger partial charge in [0.25, 0.3) is 0 Å². The predicted octanol–water partition coefficient (Wildman–Crippen LogP) is 3.77. The average molecular weight is 313 g/mol. The van der Waals surface area contributed by atoms with Crippen molar-refractivity contribution in [2.75, 3.05) is 13.1 Å². The zero-order valence-electron chi connectivity index (χ0n) is 12.7. The third-order valence-corrected chi connectivity index (χ3v) is 4.04. The van der Waals surface area contributed by atoms with E-state index >= 15 is 0 Å². The third kappa shape index (κ3) is 6.62. The van der Waals surface area contributed by atoms with E-state index in [-0.39, 0.29) is 12.1 Å². The molecule has 0 spiro atoms. The van der Waals surface area contributed by atoms with E-state index in [9.17, 15) is 14.7 Å². The first-order chi connectivity index (χ1) is 9.90. The fourth-order valence-corrected chi connectivity index (χ4v) is 2.71. The van der Waals surface area contributed by atoms with Crippen molar-refractivity contribution >= 4 is 23.4 Å². The van der Waals surface area contributed by atoms with Gasteiger partial charge in [0.05, 0.1) is 0 Å². The summed E-state index contributed by atoms with van der Waals surface area (Å²) in [6.07, 6.45) is 0.000371. The van der Waals surface area contributed by atoms with Crippen LogP contribution in [0.3, 0.4) is 0 Å². The van der Waals surface area contributed by atoms with E-state index < -0.39 is 6.09 Å². The summed E-state index contributed by atoms with van der Waals surface area (Å²) in [5, 5.41) is 11.1. The summed E-state index contributed by atoms with van der Waals surface area (Å²) in [6, 6.07) is 3.79. The minimum Gasteiger partial charge on any atom is -0.465 e. The summed E-state index contributed by atoms with van der Waals surface area (Å²) < 4.78 is 5.30. The van der Waals surface area contributed by atoms with Crippen LogP contribution < -0.4 is 0 Å². The molecule has 21 heavy (non-hydrogen) atoms. The molecule has 0 aliphatic rings. The maximum atomic E-state index is 11.3. The van der Waals surface area contributed by atoms with Gasteiger partial charge in [-0.2, -0.15) is 0 Å². The van der Waals surface area contributed by atoms with Crippen molar-refractivity contribution in [3.8, 4) is 0 Å². The zero-order chi connectivity index (χ0) is 15.8. The Labute approximate surface area is 129 Å². The van der Waals surface area contributed by atoms with E-state index in [0.29, 0.717) is 25.4 Å². The monoisotopic (exact) mass is 313 g/mol. The van der Waals surface area contributed by atoms with Gasteiger partial charge in [-0.25, -0.2) is 4.79 Å². The molecule has 0 aromatic carbocycles. The van der Waals surface area contributed by atoms with Crippen LogP contribution in [0.15, 0.2) is 17.5 Å².